The van der Waals surface area contributed by atoms with Gasteiger partial charge in [0.2, 0.25) is 5.91 Å². The SMILES string of the molecule is [C-]#[N+]c1ccc(N2C(=O)C(C)(C)N(c3ccc(CCCC(=O)N4CCOCC4)c(F)c3)C2=S)c(F)c1C. The molecule has 2 saturated heterocycles. The lowest BCUT2D eigenvalue weighted by molar-refractivity contribution is -0.135. The van der Waals surface area contributed by atoms with Crippen LogP contribution in [0.3, 0.4) is 0 Å². The van der Waals surface area contributed by atoms with Crippen LogP contribution in [0.5, 0.6) is 0 Å². The molecular weight excluding hydrogens is 498 g/mol. The quantitative estimate of drug-likeness (QED) is 0.395. The monoisotopic (exact) mass is 526 g/mol. The van der Waals surface area contributed by atoms with Gasteiger partial charge in [-0.05, 0) is 75.2 Å². The van der Waals surface area contributed by atoms with Crippen molar-refractivity contribution in [2.24, 2.45) is 0 Å². The Balaban J connectivity index is 1.52. The Bertz CT molecular complexity index is 1300. The van der Waals surface area contributed by atoms with Gasteiger partial charge in [-0.3, -0.25) is 14.5 Å². The first-order chi connectivity index (χ1) is 17.6. The lowest BCUT2D eigenvalue weighted by Gasteiger charge is -2.29. The number of aryl methyl sites for hydroxylation is 1. The Morgan fingerprint density at radius 2 is 1.89 bits per heavy atom. The molecule has 0 saturated carbocycles. The van der Waals surface area contributed by atoms with Crippen LogP contribution < -0.4 is 9.80 Å². The van der Waals surface area contributed by atoms with Gasteiger partial charge in [-0.1, -0.05) is 12.1 Å². The molecule has 0 aliphatic carbocycles. The molecule has 0 N–H and O–H groups in total. The number of hydrogen-bond acceptors (Lipinski definition) is 4. The Kier molecular flexibility index (Phi) is 7.57. The van der Waals surface area contributed by atoms with Crippen molar-refractivity contribution >= 4 is 46.2 Å². The summed E-state index contributed by atoms with van der Waals surface area (Å²) >= 11 is 5.58. The number of carbonyl (C=O) groups is 2. The van der Waals surface area contributed by atoms with E-state index in [4.69, 9.17) is 23.5 Å². The molecule has 2 aliphatic heterocycles. The Hall–Kier alpha value is -3.42. The molecule has 0 spiro atoms. The van der Waals surface area contributed by atoms with Crippen molar-refractivity contribution < 1.29 is 23.1 Å². The van der Waals surface area contributed by atoms with Crippen LogP contribution >= 0.6 is 12.2 Å². The lowest BCUT2D eigenvalue weighted by Crippen LogP contribution is -2.44. The first kappa shape index (κ1) is 26.6. The van der Waals surface area contributed by atoms with E-state index in [1.165, 1.54) is 30.0 Å². The van der Waals surface area contributed by atoms with E-state index < -0.39 is 23.1 Å². The molecule has 2 amide bonds. The lowest BCUT2D eigenvalue weighted by atomic mass is 10.0. The first-order valence-electron chi connectivity index (χ1n) is 12.1. The summed E-state index contributed by atoms with van der Waals surface area (Å²) < 4.78 is 35.5. The van der Waals surface area contributed by atoms with E-state index in [-0.39, 0.29) is 28.0 Å². The van der Waals surface area contributed by atoms with Crippen LogP contribution in [-0.4, -0.2) is 53.7 Å². The number of rotatable bonds is 6. The van der Waals surface area contributed by atoms with E-state index in [9.17, 15) is 9.59 Å². The summed E-state index contributed by atoms with van der Waals surface area (Å²) in [6, 6.07) is 7.43. The molecule has 0 radical (unpaired) electrons. The van der Waals surface area contributed by atoms with Gasteiger partial charge in [-0.15, -0.1) is 0 Å². The fourth-order valence-electron chi connectivity index (χ4n) is 4.67. The zero-order valence-corrected chi connectivity index (χ0v) is 21.8. The summed E-state index contributed by atoms with van der Waals surface area (Å²) in [6.07, 6.45) is 1.22. The predicted molar refractivity (Wildman–Crippen MR) is 141 cm³/mol. The van der Waals surface area contributed by atoms with Crippen LogP contribution in [0.25, 0.3) is 4.85 Å². The summed E-state index contributed by atoms with van der Waals surface area (Å²) in [5.74, 6) is -1.59. The second-order valence-electron chi connectivity index (χ2n) is 9.59. The maximum Gasteiger partial charge on any atom is 0.259 e. The molecule has 194 valence electrons. The van der Waals surface area contributed by atoms with Crippen molar-refractivity contribution in [1.82, 2.24) is 4.90 Å². The molecule has 7 nitrogen and oxygen atoms in total. The predicted octanol–water partition coefficient (Wildman–Crippen LogP) is 4.92. The average molecular weight is 527 g/mol. The summed E-state index contributed by atoms with van der Waals surface area (Å²) in [6.45, 7) is 14.2. The number of ether oxygens (including phenoxy) is 1. The van der Waals surface area contributed by atoms with Crippen LogP contribution in [0.2, 0.25) is 0 Å². The first-order valence-corrected chi connectivity index (χ1v) is 12.5. The summed E-state index contributed by atoms with van der Waals surface area (Å²) in [4.78, 5) is 33.4. The van der Waals surface area contributed by atoms with E-state index >= 15 is 8.78 Å². The van der Waals surface area contributed by atoms with E-state index in [1.54, 1.807) is 30.9 Å². The minimum absolute atomic E-state index is 0.0205. The van der Waals surface area contributed by atoms with Gasteiger partial charge in [0.1, 0.15) is 17.2 Å². The maximum absolute atomic E-state index is 15.1. The third-order valence-corrected chi connectivity index (χ3v) is 7.23. The number of halogens is 2. The molecule has 2 aromatic carbocycles. The number of morpholine rings is 1. The van der Waals surface area contributed by atoms with Crippen LogP contribution in [0.1, 0.15) is 37.8 Å². The maximum atomic E-state index is 15.1. The Labute approximate surface area is 220 Å². The number of carbonyl (C=O) groups excluding carboxylic acids is 2. The highest BCUT2D eigenvalue weighted by atomic mass is 32.1. The van der Waals surface area contributed by atoms with Crippen molar-refractivity contribution in [2.45, 2.75) is 45.6 Å². The Morgan fingerprint density at radius 1 is 1.19 bits per heavy atom. The molecule has 37 heavy (non-hydrogen) atoms. The van der Waals surface area contributed by atoms with E-state index in [2.05, 4.69) is 4.85 Å². The van der Waals surface area contributed by atoms with E-state index in [0.717, 1.165) is 4.90 Å². The van der Waals surface area contributed by atoms with Crippen LogP contribution in [0, 0.1) is 25.1 Å². The molecule has 4 rings (SSSR count). The van der Waals surface area contributed by atoms with Gasteiger partial charge in [0.15, 0.2) is 10.8 Å². The fourth-order valence-corrected chi connectivity index (χ4v) is 5.19. The molecule has 2 aromatic rings. The summed E-state index contributed by atoms with van der Waals surface area (Å²) in [5, 5.41) is 0.0205. The molecular formula is C27H28F2N4O3S. The van der Waals surface area contributed by atoms with Crippen molar-refractivity contribution in [3.05, 3.63) is 64.5 Å². The highest BCUT2D eigenvalue weighted by Crippen LogP contribution is 2.39. The number of nitrogens with zero attached hydrogens (tertiary/aromatic N) is 4. The van der Waals surface area contributed by atoms with Crippen molar-refractivity contribution in [3.63, 3.8) is 0 Å². The number of thiocarbonyl (C=S) groups is 1. The topological polar surface area (TPSA) is 57.5 Å². The highest BCUT2D eigenvalue weighted by Gasteiger charge is 2.51. The summed E-state index contributed by atoms with van der Waals surface area (Å²) in [5.41, 5.74) is -0.139. The van der Waals surface area contributed by atoms with Gasteiger partial charge < -0.3 is 14.5 Å². The van der Waals surface area contributed by atoms with Crippen molar-refractivity contribution in [3.8, 4) is 0 Å². The smallest absolute Gasteiger partial charge is 0.259 e. The third-order valence-electron chi connectivity index (χ3n) is 6.86. The normalized spacial score (nSPS) is 17.4. The largest absolute Gasteiger partial charge is 0.378 e. The van der Waals surface area contributed by atoms with Crippen LogP contribution in [0.15, 0.2) is 30.3 Å². The molecule has 2 fully saturated rings. The third kappa shape index (κ3) is 4.93. The van der Waals surface area contributed by atoms with Crippen molar-refractivity contribution in [2.75, 3.05) is 36.1 Å². The van der Waals surface area contributed by atoms with Gasteiger partial charge in [-0.2, -0.15) is 0 Å². The van der Waals surface area contributed by atoms with Gasteiger partial charge in [0.05, 0.1) is 25.5 Å². The van der Waals surface area contributed by atoms with E-state index in [0.29, 0.717) is 56.8 Å². The van der Waals surface area contributed by atoms with Crippen LogP contribution in [0.4, 0.5) is 25.8 Å². The molecule has 2 aliphatic rings. The molecule has 0 unspecified atom stereocenters. The second kappa shape index (κ2) is 10.5. The molecule has 10 heteroatoms. The fraction of sp³-hybridized carbons (Fsp3) is 0.407. The number of benzene rings is 2. The van der Waals surface area contributed by atoms with Gasteiger partial charge in [0, 0.05) is 25.2 Å². The Morgan fingerprint density at radius 3 is 2.54 bits per heavy atom. The van der Waals surface area contributed by atoms with E-state index in [1.807, 2.05) is 0 Å². The standard InChI is InChI=1S/C27H28F2N4O3S/c1-17-21(30-4)10-11-22(24(17)29)32-25(35)27(2,3)33(26(32)37)19-9-8-18(20(28)16-19)6-5-7-23(34)31-12-14-36-15-13-31/h8-11,16H,5-7,12-15H2,1-3H3. The molecule has 0 aromatic heterocycles. The van der Waals surface area contributed by atoms with Gasteiger partial charge >= 0.3 is 0 Å². The van der Waals surface area contributed by atoms with Gasteiger partial charge in [-0.25, -0.2) is 13.6 Å². The average Bonchev–Trinajstić information content (AvgIpc) is 3.05. The number of anilines is 2. The second-order valence-corrected chi connectivity index (χ2v) is 9.96. The van der Waals surface area contributed by atoms with Crippen LogP contribution in [-0.2, 0) is 20.7 Å². The zero-order chi connectivity index (χ0) is 26.9. The summed E-state index contributed by atoms with van der Waals surface area (Å²) in [7, 11) is 0. The minimum Gasteiger partial charge on any atom is -0.378 e. The van der Waals surface area contributed by atoms with Crippen molar-refractivity contribution in [1.29, 1.82) is 0 Å². The molecule has 0 atom stereocenters. The molecule has 2 heterocycles. The highest BCUT2D eigenvalue weighted by molar-refractivity contribution is 7.81. The van der Waals surface area contributed by atoms with Gasteiger partial charge in [0.25, 0.3) is 5.91 Å². The number of amides is 2. The number of hydrogen-bond donors (Lipinski definition) is 0. The minimum atomic E-state index is -1.20. The molecule has 0 bridgehead atoms. The zero-order valence-electron chi connectivity index (χ0n) is 21.0.